The number of hydrogen-bond donors (Lipinski definition) is 3. The molecule has 0 saturated carbocycles. The van der Waals surface area contributed by atoms with Gasteiger partial charge in [-0.1, -0.05) is 18.2 Å². The largest absolute Gasteiger partial charge is 0.497 e. The number of nitrogens with two attached hydrogens (primary N) is 1. The van der Waals surface area contributed by atoms with E-state index in [0.717, 1.165) is 60.5 Å². The fourth-order valence-corrected chi connectivity index (χ4v) is 4.75. The van der Waals surface area contributed by atoms with E-state index in [4.69, 9.17) is 15.5 Å². The molecule has 0 amide bonds. The van der Waals surface area contributed by atoms with Crippen molar-refractivity contribution in [1.29, 1.82) is 0 Å². The molecule has 0 atom stereocenters. The number of nitrogens with zero attached hydrogens (tertiary/aromatic N) is 2. The fraction of sp³-hybridized carbons (Fsp3) is 0.250. The van der Waals surface area contributed by atoms with Gasteiger partial charge in [-0.2, -0.15) is 0 Å². The lowest BCUT2D eigenvalue weighted by atomic mass is 9.95. The lowest BCUT2D eigenvalue weighted by Gasteiger charge is -2.19. The number of aromatic amines is 1. The zero-order chi connectivity index (χ0) is 23.7. The van der Waals surface area contributed by atoms with Crippen molar-refractivity contribution in [3.8, 4) is 5.88 Å². The summed E-state index contributed by atoms with van der Waals surface area (Å²) in [6, 6.07) is 13.9. The second-order valence-electron chi connectivity index (χ2n) is 8.92. The van der Waals surface area contributed by atoms with E-state index in [1.165, 1.54) is 16.7 Å². The van der Waals surface area contributed by atoms with E-state index in [0.29, 0.717) is 11.3 Å². The molecule has 3 aromatic rings. The summed E-state index contributed by atoms with van der Waals surface area (Å²) in [7, 11) is 1.73. The van der Waals surface area contributed by atoms with Crippen LogP contribution in [0.4, 0.5) is 11.4 Å². The molecule has 0 bridgehead atoms. The van der Waals surface area contributed by atoms with Gasteiger partial charge in [-0.05, 0) is 79.0 Å². The third-order valence-electron chi connectivity index (χ3n) is 6.59. The van der Waals surface area contributed by atoms with Gasteiger partial charge in [0, 0.05) is 36.2 Å². The number of anilines is 1. The number of aromatic hydroxyl groups is 1. The topological polar surface area (TPSA) is 86.9 Å². The zero-order valence-electron chi connectivity index (χ0n) is 19.6. The van der Waals surface area contributed by atoms with Crippen molar-refractivity contribution in [1.82, 2.24) is 9.88 Å². The lowest BCUT2D eigenvalue weighted by Crippen LogP contribution is -2.23. The van der Waals surface area contributed by atoms with Crippen LogP contribution in [0, 0.1) is 0 Å². The number of aromatic nitrogens is 1. The molecule has 0 radical (unpaired) electrons. The molecule has 6 nitrogen and oxygen atoms in total. The normalized spacial score (nSPS) is 17.0. The minimum atomic E-state index is 0.109. The highest BCUT2D eigenvalue weighted by Crippen LogP contribution is 2.31. The molecule has 6 heteroatoms. The van der Waals surface area contributed by atoms with Crippen molar-refractivity contribution < 1.29 is 9.84 Å². The van der Waals surface area contributed by atoms with Gasteiger partial charge in [0.15, 0.2) is 5.88 Å². The Morgan fingerprint density at radius 3 is 2.76 bits per heavy atom. The number of ether oxygens (including phenoxy) is 1. The highest BCUT2D eigenvalue weighted by molar-refractivity contribution is 6.13. The summed E-state index contributed by atoms with van der Waals surface area (Å²) >= 11 is 0. The number of H-pyrrole nitrogens is 1. The van der Waals surface area contributed by atoms with Crippen molar-refractivity contribution in [3.63, 3.8) is 0 Å². The minimum absolute atomic E-state index is 0.109. The van der Waals surface area contributed by atoms with E-state index in [9.17, 15) is 5.11 Å². The minimum Gasteiger partial charge on any atom is -0.497 e. The van der Waals surface area contributed by atoms with Gasteiger partial charge in [0.2, 0.25) is 0 Å². The summed E-state index contributed by atoms with van der Waals surface area (Å²) in [4.78, 5) is 10.2. The number of hydrogen-bond acceptors (Lipinski definition) is 5. The van der Waals surface area contributed by atoms with Crippen LogP contribution in [0.2, 0.25) is 0 Å². The van der Waals surface area contributed by atoms with E-state index in [1.807, 2.05) is 37.3 Å². The van der Waals surface area contributed by atoms with E-state index in [-0.39, 0.29) is 5.88 Å². The van der Waals surface area contributed by atoms with Crippen molar-refractivity contribution in [2.24, 2.45) is 4.99 Å². The van der Waals surface area contributed by atoms with Crippen LogP contribution in [0.15, 0.2) is 82.6 Å². The monoisotopic (exact) mass is 454 g/mol. The molecule has 0 saturated heterocycles. The van der Waals surface area contributed by atoms with E-state index < -0.39 is 0 Å². The SMILES string of the molecule is COC1=CCC2=CCN(Cc3ccc(N=C(C)c4c(O)[nH]c5ccc(N)cc45)cc3)CCC2=C1. The Morgan fingerprint density at radius 2 is 1.97 bits per heavy atom. The van der Waals surface area contributed by atoms with E-state index >= 15 is 0 Å². The summed E-state index contributed by atoms with van der Waals surface area (Å²) in [6.07, 6.45) is 8.66. The molecule has 1 aromatic heterocycles. The average Bonchev–Trinajstić information content (AvgIpc) is 3.03. The second-order valence-corrected chi connectivity index (χ2v) is 8.92. The number of nitrogen functional groups attached to an aromatic ring is 1. The van der Waals surface area contributed by atoms with Crippen molar-refractivity contribution in [2.45, 2.75) is 26.3 Å². The molecule has 2 aromatic carbocycles. The van der Waals surface area contributed by atoms with Gasteiger partial charge in [0.25, 0.3) is 0 Å². The number of rotatable bonds is 5. The highest BCUT2D eigenvalue weighted by Gasteiger charge is 2.17. The molecule has 1 aliphatic carbocycles. The lowest BCUT2D eigenvalue weighted by molar-refractivity contribution is 0.299. The van der Waals surface area contributed by atoms with Gasteiger partial charge in [-0.3, -0.25) is 9.89 Å². The maximum absolute atomic E-state index is 10.4. The van der Waals surface area contributed by atoms with Crippen LogP contribution >= 0.6 is 0 Å². The summed E-state index contributed by atoms with van der Waals surface area (Å²) in [5.41, 5.74) is 13.8. The second kappa shape index (κ2) is 9.23. The predicted molar refractivity (Wildman–Crippen MR) is 138 cm³/mol. The van der Waals surface area contributed by atoms with Crippen LogP contribution in [0.5, 0.6) is 5.88 Å². The van der Waals surface area contributed by atoms with Gasteiger partial charge in [-0.25, -0.2) is 0 Å². The molecule has 0 unspecified atom stereocenters. The smallest absolute Gasteiger partial charge is 0.198 e. The Kier molecular flexibility index (Phi) is 5.99. The Bertz CT molecular complexity index is 1340. The van der Waals surface area contributed by atoms with Gasteiger partial charge in [0.1, 0.15) is 5.76 Å². The van der Waals surface area contributed by atoms with Crippen LogP contribution in [0.25, 0.3) is 10.9 Å². The fourth-order valence-electron chi connectivity index (χ4n) is 4.75. The Balaban J connectivity index is 1.29. The number of allylic oxidation sites excluding steroid dienone is 3. The average molecular weight is 455 g/mol. The summed E-state index contributed by atoms with van der Waals surface area (Å²) < 4.78 is 5.41. The molecule has 2 aliphatic rings. The van der Waals surface area contributed by atoms with Crippen LogP contribution in [0.1, 0.15) is 30.9 Å². The number of fused-ring (bicyclic) bond motifs is 2. The maximum atomic E-state index is 10.4. The quantitative estimate of drug-likeness (QED) is 0.346. The standard InChI is InChI=1S/C28H30N4O2/c1-18(27-25-16-22(29)6-10-26(25)31-28(27)33)30-23-7-3-19(4-8-23)17-32-13-11-20-5-9-24(34-2)15-21(20)12-14-32/h3-4,6-11,15-16,31,33H,5,12-14,17,29H2,1-2H3. The molecule has 1 aliphatic heterocycles. The summed E-state index contributed by atoms with van der Waals surface area (Å²) in [6.45, 7) is 4.77. The molecule has 174 valence electrons. The van der Waals surface area contributed by atoms with Crippen molar-refractivity contribution >= 4 is 28.0 Å². The van der Waals surface area contributed by atoms with E-state index in [1.54, 1.807) is 7.11 Å². The Labute approximate surface area is 199 Å². The Morgan fingerprint density at radius 1 is 1.15 bits per heavy atom. The number of methoxy groups -OCH3 is 1. The third kappa shape index (κ3) is 4.50. The van der Waals surface area contributed by atoms with Crippen LogP contribution in [0.3, 0.4) is 0 Å². The predicted octanol–water partition coefficient (Wildman–Crippen LogP) is 5.59. The zero-order valence-corrected chi connectivity index (χ0v) is 19.6. The molecule has 2 heterocycles. The molecule has 0 spiro atoms. The number of nitrogens with one attached hydrogen (secondary N) is 1. The first-order chi connectivity index (χ1) is 16.5. The molecule has 0 fully saturated rings. The molecular formula is C28H30N4O2. The summed E-state index contributed by atoms with van der Waals surface area (Å²) in [5.74, 6) is 1.08. The number of benzene rings is 2. The van der Waals surface area contributed by atoms with Crippen LogP contribution in [-0.4, -0.2) is 40.9 Å². The summed E-state index contributed by atoms with van der Waals surface area (Å²) in [5, 5.41) is 11.3. The van der Waals surface area contributed by atoms with E-state index in [2.05, 4.69) is 40.2 Å². The van der Waals surface area contributed by atoms with Gasteiger partial charge < -0.3 is 20.6 Å². The van der Waals surface area contributed by atoms with Gasteiger partial charge in [0.05, 0.1) is 24.1 Å². The van der Waals surface area contributed by atoms with Gasteiger partial charge in [-0.15, -0.1) is 0 Å². The molecular weight excluding hydrogens is 424 g/mol. The van der Waals surface area contributed by atoms with Crippen LogP contribution < -0.4 is 5.73 Å². The maximum Gasteiger partial charge on any atom is 0.198 e. The molecule has 34 heavy (non-hydrogen) atoms. The first kappa shape index (κ1) is 22.0. The Hall–Kier alpha value is -3.77. The third-order valence-corrected chi connectivity index (χ3v) is 6.59. The van der Waals surface area contributed by atoms with Gasteiger partial charge >= 0.3 is 0 Å². The van der Waals surface area contributed by atoms with Crippen LogP contribution in [-0.2, 0) is 11.3 Å². The highest BCUT2D eigenvalue weighted by atomic mass is 16.5. The first-order valence-corrected chi connectivity index (χ1v) is 11.6. The van der Waals surface area contributed by atoms with Crippen molar-refractivity contribution in [2.75, 3.05) is 25.9 Å². The molecule has 4 N–H and O–H groups in total. The van der Waals surface area contributed by atoms with Crippen molar-refractivity contribution in [3.05, 3.63) is 88.7 Å². The number of aliphatic imine (C=N–C) groups is 1. The first-order valence-electron chi connectivity index (χ1n) is 11.6. The molecule has 5 rings (SSSR count).